The van der Waals surface area contributed by atoms with Gasteiger partial charge in [0.05, 0.1) is 0 Å². The van der Waals surface area contributed by atoms with E-state index in [1.54, 1.807) is 0 Å². The molecule has 2 unspecified atom stereocenters. The Hall–Kier alpha value is -1.56. The summed E-state index contributed by atoms with van der Waals surface area (Å²) in [7, 11) is 0. The van der Waals surface area contributed by atoms with E-state index < -0.39 is 0 Å². The van der Waals surface area contributed by atoms with Crippen molar-refractivity contribution in [2.75, 3.05) is 0 Å². The summed E-state index contributed by atoms with van der Waals surface area (Å²) in [6.07, 6.45) is 4.39. The van der Waals surface area contributed by atoms with Gasteiger partial charge in [0, 0.05) is 0 Å². The van der Waals surface area contributed by atoms with Crippen LogP contribution in [0, 0.1) is 18.3 Å². The van der Waals surface area contributed by atoms with Crippen molar-refractivity contribution < 1.29 is 0 Å². The van der Waals surface area contributed by atoms with Gasteiger partial charge in [0.15, 0.2) is 0 Å². The molecule has 1 aromatic carbocycles. The van der Waals surface area contributed by atoms with Crippen molar-refractivity contribution in [2.45, 2.75) is 54.4 Å². The minimum atomic E-state index is 0.0997. The lowest BCUT2D eigenvalue weighted by atomic mass is 9.70. The van der Waals surface area contributed by atoms with E-state index >= 15 is 0 Å². The number of benzene rings is 1. The number of rotatable bonds is 7. The van der Waals surface area contributed by atoms with Crippen molar-refractivity contribution in [2.24, 2.45) is 11.3 Å². The molecule has 0 nitrogen and oxygen atoms in total. The van der Waals surface area contributed by atoms with Gasteiger partial charge in [0.2, 0.25) is 0 Å². The SMILES string of the molecule is C=C(C)C(C)CC(C)(CC(=CC)c1ccccc1C)C(=C)C. The van der Waals surface area contributed by atoms with E-state index in [0.717, 1.165) is 12.8 Å². The summed E-state index contributed by atoms with van der Waals surface area (Å²) < 4.78 is 0. The lowest BCUT2D eigenvalue weighted by Gasteiger charge is -2.35. The maximum Gasteiger partial charge on any atom is -0.00758 e. The number of hydrogen-bond donors (Lipinski definition) is 0. The second-order valence-corrected chi connectivity index (χ2v) is 7.10. The van der Waals surface area contributed by atoms with Crippen LogP contribution in [-0.2, 0) is 0 Å². The molecular weight excluding hydrogens is 264 g/mol. The summed E-state index contributed by atoms with van der Waals surface area (Å²) in [6.45, 7) is 21.6. The van der Waals surface area contributed by atoms with Crippen LogP contribution in [0.2, 0.25) is 0 Å². The third-order valence-electron chi connectivity index (χ3n) is 5.05. The van der Waals surface area contributed by atoms with Crippen molar-refractivity contribution >= 4 is 5.57 Å². The summed E-state index contributed by atoms with van der Waals surface area (Å²) in [6, 6.07) is 8.65. The molecule has 2 atom stereocenters. The first-order valence-corrected chi connectivity index (χ1v) is 8.24. The second kappa shape index (κ2) is 7.63. The molecule has 0 aliphatic carbocycles. The predicted octanol–water partition coefficient (Wildman–Crippen LogP) is 6.97. The third-order valence-corrected chi connectivity index (χ3v) is 5.05. The zero-order valence-electron chi connectivity index (χ0n) is 15.3. The first kappa shape index (κ1) is 18.5. The molecule has 120 valence electrons. The molecule has 0 aliphatic rings. The van der Waals surface area contributed by atoms with Crippen LogP contribution in [-0.4, -0.2) is 0 Å². The first-order valence-electron chi connectivity index (χ1n) is 8.24. The summed E-state index contributed by atoms with van der Waals surface area (Å²) in [5, 5.41) is 0. The highest BCUT2D eigenvalue weighted by Crippen LogP contribution is 2.43. The van der Waals surface area contributed by atoms with E-state index in [0.29, 0.717) is 5.92 Å². The fourth-order valence-electron chi connectivity index (χ4n) is 2.95. The lowest BCUT2D eigenvalue weighted by Crippen LogP contribution is -2.22. The Balaban J connectivity index is 3.11. The van der Waals surface area contributed by atoms with Crippen LogP contribution in [0.15, 0.2) is 54.6 Å². The Morgan fingerprint density at radius 1 is 1.23 bits per heavy atom. The van der Waals surface area contributed by atoms with Gasteiger partial charge >= 0.3 is 0 Å². The van der Waals surface area contributed by atoms with Crippen molar-refractivity contribution in [3.63, 3.8) is 0 Å². The zero-order chi connectivity index (χ0) is 16.9. The lowest BCUT2D eigenvalue weighted by molar-refractivity contribution is 0.329. The fourth-order valence-corrected chi connectivity index (χ4v) is 2.95. The minimum absolute atomic E-state index is 0.0997. The van der Waals surface area contributed by atoms with Gasteiger partial charge in [-0.3, -0.25) is 0 Å². The van der Waals surface area contributed by atoms with Crippen molar-refractivity contribution in [3.05, 3.63) is 65.8 Å². The maximum atomic E-state index is 4.29. The zero-order valence-corrected chi connectivity index (χ0v) is 15.3. The highest BCUT2D eigenvalue weighted by atomic mass is 14.3. The van der Waals surface area contributed by atoms with E-state index in [1.807, 2.05) is 0 Å². The molecule has 0 heteroatoms. The normalized spacial score (nSPS) is 16.0. The molecule has 0 fully saturated rings. The Morgan fingerprint density at radius 2 is 1.82 bits per heavy atom. The van der Waals surface area contributed by atoms with Gasteiger partial charge in [-0.1, -0.05) is 68.5 Å². The number of allylic oxidation sites excluding steroid dienone is 4. The van der Waals surface area contributed by atoms with Crippen molar-refractivity contribution in [1.29, 1.82) is 0 Å². The number of aryl methyl sites for hydroxylation is 1. The van der Waals surface area contributed by atoms with E-state index in [9.17, 15) is 0 Å². The predicted molar refractivity (Wildman–Crippen MR) is 101 cm³/mol. The van der Waals surface area contributed by atoms with Gasteiger partial charge in [-0.05, 0) is 68.6 Å². The van der Waals surface area contributed by atoms with E-state index in [-0.39, 0.29) is 5.41 Å². The van der Waals surface area contributed by atoms with Crippen LogP contribution in [0.25, 0.3) is 5.57 Å². The minimum Gasteiger partial charge on any atom is -0.0999 e. The van der Waals surface area contributed by atoms with Gasteiger partial charge in [0.25, 0.3) is 0 Å². The van der Waals surface area contributed by atoms with Crippen LogP contribution < -0.4 is 0 Å². The van der Waals surface area contributed by atoms with Crippen LogP contribution in [0.5, 0.6) is 0 Å². The first-order chi connectivity index (χ1) is 10.2. The smallest absolute Gasteiger partial charge is 0.00758 e. The Labute approximate surface area is 137 Å². The van der Waals surface area contributed by atoms with E-state index in [1.165, 1.54) is 27.8 Å². The molecule has 0 amide bonds. The summed E-state index contributed by atoms with van der Waals surface area (Å²) >= 11 is 0. The molecular formula is C22H32. The van der Waals surface area contributed by atoms with Gasteiger partial charge in [-0.25, -0.2) is 0 Å². The van der Waals surface area contributed by atoms with Crippen LogP contribution in [0.3, 0.4) is 0 Å². The molecule has 0 bridgehead atoms. The average molecular weight is 296 g/mol. The molecule has 0 saturated carbocycles. The Morgan fingerprint density at radius 3 is 2.27 bits per heavy atom. The van der Waals surface area contributed by atoms with E-state index in [2.05, 4.69) is 85.0 Å². The van der Waals surface area contributed by atoms with Crippen LogP contribution in [0.4, 0.5) is 0 Å². The van der Waals surface area contributed by atoms with Gasteiger partial charge in [-0.15, -0.1) is 0 Å². The highest BCUT2D eigenvalue weighted by Gasteiger charge is 2.29. The van der Waals surface area contributed by atoms with Crippen molar-refractivity contribution in [1.82, 2.24) is 0 Å². The maximum absolute atomic E-state index is 4.29. The Kier molecular flexibility index (Phi) is 6.41. The van der Waals surface area contributed by atoms with Crippen LogP contribution >= 0.6 is 0 Å². The van der Waals surface area contributed by atoms with Gasteiger partial charge in [0.1, 0.15) is 0 Å². The molecule has 1 aromatic rings. The quantitative estimate of drug-likeness (QED) is 0.476. The standard InChI is InChI=1S/C22H32/c1-9-20(21-13-11-10-12-18(21)6)15-22(8,17(4)5)14-19(7)16(2)3/h9-13,19H,2,4,14-15H2,1,3,5-8H3. The molecule has 1 rings (SSSR count). The van der Waals surface area contributed by atoms with Gasteiger partial charge < -0.3 is 0 Å². The largest absolute Gasteiger partial charge is 0.0999 e. The fraction of sp³-hybridized carbons (Fsp3) is 0.455. The molecule has 0 heterocycles. The summed E-state index contributed by atoms with van der Waals surface area (Å²) in [4.78, 5) is 0. The molecule has 0 saturated heterocycles. The molecule has 0 radical (unpaired) electrons. The van der Waals surface area contributed by atoms with Gasteiger partial charge in [-0.2, -0.15) is 0 Å². The number of hydrogen-bond acceptors (Lipinski definition) is 0. The van der Waals surface area contributed by atoms with Crippen LogP contribution in [0.1, 0.15) is 58.6 Å². The highest BCUT2D eigenvalue weighted by molar-refractivity contribution is 5.68. The summed E-state index contributed by atoms with van der Waals surface area (Å²) in [5.74, 6) is 0.511. The molecule has 0 spiro atoms. The second-order valence-electron chi connectivity index (χ2n) is 7.10. The summed E-state index contributed by atoms with van der Waals surface area (Å²) in [5.41, 5.74) is 6.73. The molecule has 22 heavy (non-hydrogen) atoms. The topological polar surface area (TPSA) is 0 Å². The monoisotopic (exact) mass is 296 g/mol. The average Bonchev–Trinajstić information content (AvgIpc) is 2.45. The molecule has 0 aliphatic heterocycles. The van der Waals surface area contributed by atoms with E-state index in [4.69, 9.17) is 0 Å². The molecule has 0 N–H and O–H groups in total. The Bertz CT molecular complexity index is 573. The molecule has 0 aromatic heterocycles. The van der Waals surface area contributed by atoms with Crippen molar-refractivity contribution in [3.8, 4) is 0 Å². The third kappa shape index (κ3) is 4.47.